The predicted molar refractivity (Wildman–Crippen MR) is 74.6 cm³/mol. The number of nitrogens with one attached hydrogen (secondary N) is 1. The van der Waals surface area contributed by atoms with Crippen molar-refractivity contribution in [3.63, 3.8) is 0 Å². The van der Waals surface area contributed by atoms with Crippen LogP contribution in [0.15, 0.2) is 6.20 Å². The van der Waals surface area contributed by atoms with Crippen molar-refractivity contribution >= 4 is 11.8 Å². The first-order chi connectivity index (χ1) is 9.24. The van der Waals surface area contributed by atoms with Crippen molar-refractivity contribution in [2.24, 2.45) is 0 Å². The standard InChI is InChI=1S/C13H22N4O2/c1-3-4-14-13-15-7-10(2)12(16-13)17-5-6-19-11(8-17)9-18/h7,11,18H,3-6,8-9H2,1-2H3,(H,14,15,16). The summed E-state index contributed by atoms with van der Waals surface area (Å²) in [7, 11) is 0. The molecule has 0 saturated carbocycles. The van der Waals surface area contributed by atoms with Gasteiger partial charge < -0.3 is 20.1 Å². The lowest BCUT2D eigenvalue weighted by Crippen LogP contribution is -2.44. The van der Waals surface area contributed by atoms with E-state index >= 15 is 0 Å². The molecule has 0 bridgehead atoms. The van der Waals surface area contributed by atoms with Gasteiger partial charge in [-0.25, -0.2) is 4.98 Å². The second kappa shape index (κ2) is 6.68. The summed E-state index contributed by atoms with van der Waals surface area (Å²) in [6.45, 7) is 7.10. The molecule has 1 unspecified atom stereocenters. The van der Waals surface area contributed by atoms with E-state index in [1.807, 2.05) is 13.1 Å². The number of rotatable bonds is 5. The smallest absolute Gasteiger partial charge is 0.224 e. The van der Waals surface area contributed by atoms with Crippen LogP contribution >= 0.6 is 0 Å². The summed E-state index contributed by atoms with van der Waals surface area (Å²) < 4.78 is 5.46. The van der Waals surface area contributed by atoms with Crippen LogP contribution in [0.4, 0.5) is 11.8 Å². The average molecular weight is 266 g/mol. The fourth-order valence-corrected chi connectivity index (χ4v) is 2.10. The minimum atomic E-state index is -0.129. The quantitative estimate of drug-likeness (QED) is 0.821. The van der Waals surface area contributed by atoms with Crippen molar-refractivity contribution < 1.29 is 9.84 Å². The van der Waals surface area contributed by atoms with Gasteiger partial charge in [0.05, 0.1) is 19.3 Å². The van der Waals surface area contributed by atoms with E-state index in [-0.39, 0.29) is 12.7 Å². The van der Waals surface area contributed by atoms with Gasteiger partial charge in [0, 0.05) is 31.4 Å². The molecule has 1 atom stereocenters. The summed E-state index contributed by atoms with van der Waals surface area (Å²) in [5.74, 6) is 1.59. The minimum absolute atomic E-state index is 0.0432. The molecule has 6 heteroatoms. The third-order valence-corrected chi connectivity index (χ3v) is 3.12. The van der Waals surface area contributed by atoms with E-state index in [1.54, 1.807) is 0 Å². The zero-order valence-electron chi connectivity index (χ0n) is 11.6. The van der Waals surface area contributed by atoms with Crippen LogP contribution in [-0.4, -0.2) is 54.0 Å². The second-order valence-corrected chi connectivity index (χ2v) is 4.75. The van der Waals surface area contributed by atoms with Gasteiger partial charge in [0.25, 0.3) is 0 Å². The molecular weight excluding hydrogens is 244 g/mol. The molecule has 2 heterocycles. The monoisotopic (exact) mass is 266 g/mol. The summed E-state index contributed by atoms with van der Waals surface area (Å²) >= 11 is 0. The van der Waals surface area contributed by atoms with Gasteiger partial charge in [-0.15, -0.1) is 0 Å². The van der Waals surface area contributed by atoms with Crippen LogP contribution < -0.4 is 10.2 Å². The third-order valence-electron chi connectivity index (χ3n) is 3.12. The molecule has 0 spiro atoms. The number of hydrogen-bond donors (Lipinski definition) is 2. The molecule has 1 fully saturated rings. The lowest BCUT2D eigenvalue weighted by molar-refractivity contribution is 0.00333. The van der Waals surface area contributed by atoms with Crippen molar-refractivity contribution in [3.8, 4) is 0 Å². The van der Waals surface area contributed by atoms with Gasteiger partial charge in [0.1, 0.15) is 5.82 Å². The topological polar surface area (TPSA) is 70.5 Å². The number of anilines is 2. The molecule has 106 valence electrons. The second-order valence-electron chi connectivity index (χ2n) is 4.75. The number of aliphatic hydroxyl groups excluding tert-OH is 1. The molecule has 1 aliphatic heterocycles. The molecule has 2 rings (SSSR count). The summed E-state index contributed by atoms with van der Waals surface area (Å²) in [6, 6.07) is 0. The maximum Gasteiger partial charge on any atom is 0.224 e. The maximum absolute atomic E-state index is 9.20. The normalized spacial score (nSPS) is 19.5. The van der Waals surface area contributed by atoms with Gasteiger partial charge in [-0.1, -0.05) is 6.92 Å². The Morgan fingerprint density at radius 3 is 3.16 bits per heavy atom. The fourth-order valence-electron chi connectivity index (χ4n) is 2.10. The Labute approximate surface area is 113 Å². The molecule has 1 aromatic rings. The van der Waals surface area contributed by atoms with Crippen LogP contribution in [0.3, 0.4) is 0 Å². The van der Waals surface area contributed by atoms with E-state index in [9.17, 15) is 5.11 Å². The first-order valence-electron chi connectivity index (χ1n) is 6.79. The number of aliphatic hydroxyl groups is 1. The molecule has 0 aliphatic carbocycles. The Kier molecular flexibility index (Phi) is 4.93. The molecule has 1 aliphatic rings. The van der Waals surface area contributed by atoms with Crippen LogP contribution in [0.25, 0.3) is 0 Å². The van der Waals surface area contributed by atoms with Crippen molar-refractivity contribution in [1.82, 2.24) is 9.97 Å². The van der Waals surface area contributed by atoms with Crippen LogP contribution in [0.2, 0.25) is 0 Å². The molecule has 0 aromatic carbocycles. The number of nitrogens with zero attached hydrogens (tertiary/aromatic N) is 3. The Morgan fingerprint density at radius 1 is 1.58 bits per heavy atom. The van der Waals surface area contributed by atoms with Crippen LogP contribution in [0.5, 0.6) is 0 Å². The Hall–Kier alpha value is -1.40. The summed E-state index contributed by atoms with van der Waals surface area (Å²) in [5.41, 5.74) is 1.04. The highest BCUT2D eigenvalue weighted by molar-refractivity contribution is 5.49. The SMILES string of the molecule is CCCNc1ncc(C)c(N2CCOC(CO)C2)n1. The molecule has 1 saturated heterocycles. The number of aromatic nitrogens is 2. The van der Waals surface area contributed by atoms with Gasteiger partial charge >= 0.3 is 0 Å². The summed E-state index contributed by atoms with van der Waals surface area (Å²) in [5, 5.41) is 12.4. The molecule has 1 aromatic heterocycles. The van der Waals surface area contributed by atoms with Gasteiger partial charge in [-0.05, 0) is 13.3 Å². The highest BCUT2D eigenvalue weighted by Crippen LogP contribution is 2.20. The molecule has 6 nitrogen and oxygen atoms in total. The van der Waals surface area contributed by atoms with E-state index < -0.39 is 0 Å². The number of ether oxygens (including phenoxy) is 1. The van der Waals surface area contributed by atoms with Crippen LogP contribution in [0.1, 0.15) is 18.9 Å². The zero-order chi connectivity index (χ0) is 13.7. The van der Waals surface area contributed by atoms with Crippen LogP contribution in [0, 0.1) is 6.92 Å². The first kappa shape index (κ1) is 14.0. The van der Waals surface area contributed by atoms with Crippen molar-refractivity contribution in [2.45, 2.75) is 26.4 Å². The zero-order valence-corrected chi connectivity index (χ0v) is 11.6. The van der Waals surface area contributed by atoms with E-state index in [1.165, 1.54) is 0 Å². The number of aryl methyl sites for hydroxylation is 1. The summed E-state index contributed by atoms with van der Waals surface area (Å²) in [6.07, 6.45) is 2.75. The predicted octanol–water partition coefficient (Wildman–Crippen LogP) is 0.804. The Bertz CT molecular complexity index is 414. The lowest BCUT2D eigenvalue weighted by atomic mass is 10.2. The molecular formula is C13H22N4O2. The van der Waals surface area contributed by atoms with E-state index in [0.29, 0.717) is 19.1 Å². The van der Waals surface area contributed by atoms with Crippen molar-refractivity contribution in [1.29, 1.82) is 0 Å². The van der Waals surface area contributed by atoms with Gasteiger partial charge in [0.2, 0.25) is 5.95 Å². The molecule has 2 N–H and O–H groups in total. The Morgan fingerprint density at radius 2 is 2.42 bits per heavy atom. The fraction of sp³-hybridized carbons (Fsp3) is 0.692. The highest BCUT2D eigenvalue weighted by Gasteiger charge is 2.22. The Balaban J connectivity index is 2.13. The van der Waals surface area contributed by atoms with Crippen LogP contribution in [-0.2, 0) is 4.74 Å². The van der Waals surface area contributed by atoms with E-state index in [2.05, 4.69) is 27.1 Å². The molecule has 19 heavy (non-hydrogen) atoms. The van der Waals surface area contributed by atoms with E-state index in [0.717, 1.165) is 30.9 Å². The lowest BCUT2D eigenvalue weighted by Gasteiger charge is -2.33. The maximum atomic E-state index is 9.20. The van der Waals surface area contributed by atoms with Gasteiger partial charge in [-0.3, -0.25) is 0 Å². The average Bonchev–Trinajstić information content (AvgIpc) is 2.46. The van der Waals surface area contributed by atoms with Gasteiger partial charge in [-0.2, -0.15) is 4.98 Å². The largest absolute Gasteiger partial charge is 0.394 e. The third kappa shape index (κ3) is 3.54. The van der Waals surface area contributed by atoms with Crippen molar-refractivity contribution in [2.75, 3.05) is 43.1 Å². The molecule has 0 radical (unpaired) electrons. The number of hydrogen-bond acceptors (Lipinski definition) is 6. The molecule has 0 amide bonds. The summed E-state index contributed by atoms with van der Waals surface area (Å²) in [4.78, 5) is 11.0. The minimum Gasteiger partial charge on any atom is -0.394 e. The first-order valence-corrected chi connectivity index (χ1v) is 6.79. The number of morpholine rings is 1. The van der Waals surface area contributed by atoms with E-state index in [4.69, 9.17) is 4.74 Å². The van der Waals surface area contributed by atoms with Crippen molar-refractivity contribution in [3.05, 3.63) is 11.8 Å². The van der Waals surface area contributed by atoms with Gasteiger partial charge in [0.15, 0.2) is 0 Å². The highest BCUT2D eigenvalue weighted by atomic mass is 16.5.